The van der Waals surface area contributed by atoms with Crippen LogP contribution in [0.4, 0.5) is 5.69 Å². The summed E-state index contributed by atoms with van der Waals surface area (Å²) in [6.45, 7) is 4.07. The van der Waals surface area contributed by atoms with Crippen molar-refractivity contribution in [2.75, 3.05) is 12.4 Å². The van der Waals surface area contributed by atoms with E-state index >= 15 is 0 Å². The fourth-order valence-corrected chi connectivity index (χ4v) is 1.86. The van der Waals surface area contributed by atoms with E-state index in [2.05, 4.69) is 23.5 Å². The van der Waals surface area contributed by atoms with Crippen LogP contribution in [0.3, 0.4) is 0 Å². The fraction of sp³-hybridized carbons (Fsp3) is 0.286. The van der Waals surface area contributed by atoms with Gasteiger partial charge in [0.2, 0.25) is 0 Å². The smallest absolute Gasteiger partial charge is 0.143 e. The summed E-state index contributed by atoms with van der Waals surface area (Å²) in [5, 5.41) is 5.64. The molecular weight excluding hydrogens is 198 g/mol. The van der Waals surface area contributed by atoms with Crippen molar-refractivity contribution in [3.05, 3.63) is 36.4 Å². The Morgan fingerprint density at radius 2 is 1.81 bits per heavy atom. The Bertz CT molecular complexity index is 491. The molecule has 2 rings (SSSR count). The predicted molar refractivity (Wildman–Crippen MR) is 69.3 cm³/mol. The first kappa shape index (κ1) is 10.8. The van der Waals surface area contributed by atoms with E-state index < -0.39 is 0 Å². The van der Waals surface area contributed by atoms with Gasteiger partial charge in [-0.1, -0.05) is 30.3 Å². The molecule has 0 bridgehead atoms. The lowest BCUT2D eigenvalue weighted by Crippen LogP contribution is -2.07. The number of benzene rings is 2. The Hall–Kier alpha value is -1.70. The van der Waals surface area contributed by atoms with Crippen molar-refractivity contribution in [2.45, 2.75) is 20.0 Å². The second-order valence-electron chi connectivity index (χ2n) is 4.08. The third-order valence-corrected chi connectivity index (χ3v) is 2.50. The quantitative estimate of drug-likeness (QED) is 0.843. The zero-order valence-corrected chi connectivity index (χ0v) is 9.95. The van der Waals surface area contributed by atoms with Crippen molar-refractivity contribution >= 4 is 16.5 Å². The van der Waals surface area contributed by atoms with Crippen LogP contribution in [0.15, 0.2) is 36.4 Å². The number of anilines is 1. The van der Waals surface area contributed by atoms with E-state index in [1.807, 2.05) is 39.1 Å². The summed E-state index contributed by atoms with van der Waals surface area (Å²) in [7, 11) is 1.93. The molecule has 0 aliphatic rings. The Labute approximate surface area is 96.2 Å². The van der Waals surface area contributed by atoms with Gasteiger partial charge in [-0.3, -0.25) is 0 Å². The zero-order valence-electron chi connectivity index (χ0n) is 9.95. The van der Waals surface area contributed by atoms with Gasteiger partial charge in [-0.15, -0.1) is 0 Å². The average Bonchev–Trinajstić information content (AvgIpc) is 2.28. The van der Waals surface area contributed by atoms with E-state index in [-0.39, 0.29) is 6.10 Å². The number of rotatable bonds is 3. The molecule has 0 amide bonds. The second kappa shape index (κ2) is 4.44. The topological polar surface area (TPSA) is 21.3 Å². The lowest BCUT2D eigenvalue weighted by atomic mass is 10.1. The lowest BCUT2D eigenvalue weighted by molar-refractivity contribution is 0.244. The van der Waals surface area contributed by atoms with E-state index in [4.69, 9.17) is 4.74 Å². The highest BCUT2D eigenvalue weighted by Crippen LogP contribution is 2.33. The van der Waals surface area contributed by atoms with Gasteiger partial charge in [0.1, 0.15) is 5.75 Å². The maximum Gasteiger partial charge on any atom is 0.143 e. The highest BCUT2D eigenvalue weighted by molar-refractivity contribution is 5.96. The molecular formula is C14H17NO. The third kappa shape index (κ3) is 1.96. The molecule has 2 aromatic rings. The van der Waals surface area contributed by atoms with Crippen molar-refractivity contribution in [2.24, 2.45) is 0 Å². The van der Waals surface area contributed by atoms with Crippen molar-refractivity contribution in [1.82, 2.24) is 0 Å². The Balaban J connectivity index is 2.58. The normalized spacial score (nSPS) is 10.8. The molecule has 0 unspecified atom stereocenters. The molecule has 0 aliphatic carbocycles. The van der Waals surface area contributed by atoms with E-state index in [0.717, 1.165) is 11.4 Å². The molecule has 0 heterocycles. The van der Waals surface area contributed by atoms with Gasteiger partial charge < -0.3 is 10.1 Å². The predicted octanol–water partition coefficient (Wildman–Crippen LogP) is 3.67. The van der Waals surface area contributed by atoms with Crippen LogP contribution < -0.4 is 10.1 Å². The molecule has 1 N–H and O–H groups in total. The van der Waals surface area contributed by atoms with Crippen LogP contribution in [-0.4, -0.2) is 13.2 Å². The van der Waals surface area contributed by atoms with Gasteiger partial charge in [0, 0.05) is 12.4 Å². The van der Waals surface area contributed by atoms with Crippen molar-refractivity contribution in [1.29, 1.82) is 0 Å². The molecule has 16 heavy (non-hydrogen) atoms. The van der Waals surface area contributed by atoms with Gasteiger partial charge >= 0.3 is 0 Å². The highest BCUT2D eigenvalue weighted by atomic mass is 16.5. The van der Waals surface area contributed by atoms with Gasteiger partial charge in [-0.25, -0.2) is 0 Å². The van der Waals surface area contributed by atoms with Crippen LogP contribution in [0.1, 0.15) is 13.8 Å². The summed E-state index contributed by atoms with van der Waals surface area (Å²) in [6, 6.07) is 12.4. The highest BCUT2D eigenvalue weighted by Gasteiger charge is 2.07. The van der Waals surface area contributed by atoms with E-state index in [0.29, 0.717) is 0 Å². The molecule has 84 valence electrons. The van der Waals surface area contributed by atoms with Crippen LogP contribution in [0.5, 0.6) is 5.75 Å². The van der Waals surface area contributed by atoms with E-state index in [1.54, 1.807) is 0 Å². The summed E-state index contributed by atoms with van der Waals surface area (Å²) in [6.07, 6.45) is 0.188. The summed E-state index contributed by atoms with van der Waals surface area (Å²) in [4.78, 5) is 0. The second-order valence-corrected chi connectivity index (χ2v) is 4.08. The number of ether oxygens (including phenoxy) is 1. The van der Waals surface area contributed by atoms with Crippen LogP contribution in [-0.2, 0) is 0 Å². The fourth-order valence-electron chi connectivity index (χ4n) is 1.86. The Morgan fingerprint density at radius 3 is 2.50 bits per heavy atom. The molecule has 0 saturated heterocycles. The molecule has 0 aliphatic heterocycles. The van der Waals surface area contributed by atoms with Gasteiger partial charge in [0.15, 0.2) is 0 Å². The van der Waals surface area contributed by atoms with E-state index in [1.165, 1.54) is 10.8 Å². The van der Waals surface area contributed by atoms with Crippen LogP contribution in [0, 0.1) is 0 Å². The molecule has 2 nitrogen and oxygen atoms in total. The molecule has 0 spiro atoms. The minimum atomic E-state index is 0.188. The maximum atomic E-state index is 5.78. The molecule has 0 saturated carbocycles. The number of hydrogen-bond acceptors (Lipinski definition) is 2. The molecule has 0 radical (unpaired) electrons. The maximum absolute atomic E-state index is 5.78. The number of hydrogen-bond donors (Lipinski definition) is 1. The first-order valence-corrected chi connectivity index (χ1v) is 5.58. The third-order valence-electron chi connectivity index (χ3n) is 2.50. The standard InChI is InChI=1S/C14H17NO/c1-10(2)16-13-9-8-11-6-4-5-7-12(11)14(13)15-3/h4-10,15H,1-3H3. The summed E-state index contributed by atoms with van der Waals surface area (Å²) in [5.41, 5.74) is 1.06. The first-order chi connectivity index (χ1) is 7.72. The van der Waals surface area contributed by atoms with Crippen LogP contribution in [0.25, 0.3) is 10.8 Å². The average molecular weight is 215 g/mol. The molecule has 0 atom stereocenters. The van der Waals surface area contributed by atoms with E-state index in [9.17, 15) is 0 Å². The molecule has 2 aromatic carbocycles. The van der Waals surface area contributed by atoms with Gasteiger partial charge in [0.05, 0.1) is 11.8 Å². The van der Waals surface area contributed by atoms with Crippen LogP contribution >= 0.6 is 0 Å². The van der Waals surface area contributed by atoms with Crippen molar-refractivity contribution in [3.8, 4) is 5.75 Å². The lowest BCUT2D eigenvalue weighted by Gasteiger charge is -2.16. The zero-order chi connectivity index (χ0) is 11.5. The summed E-state index contributed by atoms with van der Waals surface area (Å²) < 4.78 is 5.78. The minimum Gasteiger partial charge on any atom is -0.489 e. The van der Waals surface area contributed by atoms with Crippen molar-refractivity contribution in [3.63, 3.8) is 0 Å². The van der Waals surface area contributed by atoms with Gasteiger partial charge in [0.25, 0.3) is 0 Å². The monoisotopic (exact) mass is 215 g/mol. The van der Waals surface area contributed by atoms with Crippen LogP contribution in [0.2, 0.25) is 0 Å². The minimum absolute atomic E-state index is 0.188. The number of nitrogens with one attached hydrogen (secondary N) is 1. The number of fused-ring (bicyclic) bond motifs is 1. The van der Waals surface area contributed by atoms with Gasteiger partial charge in [-0.05, 0) is 25.3 Å². The van der Waals surface area contributed by atoms with Gasteiger partial charge in [-0.2, -0.15) is 0 Å². The summed E-state index contributed by atoms with van der Waals surface area (Å²) >= 11 is 0. The molecule has 0 aromatic heterocycles. The van der Waals surface area contributed by atoms with Crippen molar-refractivity contribution < 1.29 is 4.74 Å². The largest absolute Gasteiger partial charge is 0.489 e. The Morgan fingerprint density at radius 1 is 1.06 bits per heavy atom. The molecule has 2 heteroatoms. The Kier molecular flexibility index (Phi) is 3.00. The summed E-state index contributed by atoms with van der Waals surface area (Å²) in [5.74, 6) is 0.913. The SMILES string of the molecule is CNc1c(OC(C)C)ccc2ccccc12. The molecule has 0 fully saturated rings. The first-order valence-electron chi connectivity index (χ1n) is 5.58.